The summed E-state index contributed by atoms with van der Waals surface area (Å²) in [6, 6.07) is 7.42. The monoisotopic (exact) mass is 193 g/mol. The number of nitrogens with two attached hydrogens (primary N) is 1. The van der Waals surface area contributed by atoms with Gasteiger partial charge in [-0.1, -0.05) is 19.1 Å². The standard InChI is InChI=1S/C11H15NO2/c1-2-11(13)14-10-5-3-9(4-6-10)7-8-12/h3-6H,2,7-8,12H2,1H3. The molecule has 76 valence electrons. The van der Waals surface area contributed by atoms with Crippen LogP contribution in [0.4, 0.5) is 0 Å². The quantitative estimate of drug-likeness (QED) is 0.582. The molecular weight excluding hydrogens is 178 g/mol. The van der Waals surface area contributed by atoms with E-state index in [1.165, 1.54) is 0 Å². The lowest BCUT2D eigenvalue weighted by Crippen LogP contribution is -2.06. The molecule has 0 radical (unpaired) electrons. The molecule has 3 nitrogen and oxygen atoms in total. The Bertz CT molecular complexity index is 293. The number of benzene rings is 1. The summed E-state index contributed by atoms with van der Waals surface area (Å²) < 4.78 is 5.03. The zero-order valence-corrected chi connectivity index (χ0v) is 8.32. The van der Waals surface area contributed by atoms with E-state index in [-0.39, 0.29) is 5.97 Å². The molecule has 0 heterocycles. The van der Waals surface area contributed by atoms with E-state index >= 15 is 0 Å². The summed E-state index contributed by atoms with van der Waals surface area (Å²) in [5, 5.41) is 0. The van der Waals surface area contributed by atoms with Crippen molar-refractivity contribution in [1.82, 2.24) is 0 Å². The fraction of sp³-hybridized carbons (Fsp3) is 0.364. The number of esters is 1. The van der Waals surface area contributed by atoms with Crippen LogP contribution in [0.1, 0.15) is 18.9 Å². The van der Waals surface area contributed by atoms with Crippen LogP contribution in [0.2, 0.25) is 0 Å². The van der Waals surface area contributed by atoms with Crippen molar-refractivity contribution >= 4 is 5.97 Å². The molecule has 0 aliphatic rings. The second-order valence-corrected chi connectivity index (χ2v) is 3.01. The van der Waals surface area contributed by atoms with Gasteiger partial charge in [0.2, 0.25) is 0 Å². The van der Waals surface area contributed by atoms with Crippen molar-refractivity contribution in [1.29, 1.82) is 0 Å². The highest BCUT2D eigenvalue weighted by atomic mass is 16.5. The van der Waals surface area contributed by atoms with E-state index < -0.39 is 0 Å². The molecule has 2 N–H and O–H groups in total. The predicted molar refractivity (Wildman–Crippen MR) is 55.1 cm³/mol. The van der Waals surface area contributed by atoms with Gasteiger partial charge in [0.25, 0.3) is 0 Å². The van der Waals surface area contributed by atoms with Crippen molar-refractivity contribution in [2.45, 2.75) is 19.8 Å². The molecule has 0 fully saturated rings. The Kier molecular flexibility index (Phi) is 4.13. The highest BCUT2D eigenvalue weighted by Crippen LogP contribution is 2.12. The molecule has 0 atom stereocenters. The van der Waals surface area contributed by atoms with Crippen molar-refractivity contribution in [3.8, 4) is 5.75 Å². The Balaban J connectivity index is 2.59. The summed E-state index contributed by atoms with van der Waals surface area (Å²) in [7, 11) is 0. The largest absolute Gasteiger partial charge is 0.427 e. The maximum atomic E-state index is 10.9. The first-order chi connectivity index (χ1) is 6.76. The minimum Gasteiger partial charge on any atom is -0.427 e. The van der Waals surface area contributed by atoms with E-state index in [0.717, 1.165) is 12.0 Å². The van der Waals surface area contributed by atoms with Gasteiger partial charge in [-0.25, -0.2) is 0 Å². The van der Waals surface area contributed by atoms with E-state index in [1.807, 2.05) is 12.1 Å². The molecule has 1 aromatic rings. The zero-order chi connectivity index (χ0) is 10.4. The summed E-state index contributed by atoms with van der Waals surface area (Å²) in [6.07, 6.45) is 1.24. The molecule has 0 bridgehead atoms. The van der Waals surface area contributed by atoms with E-state index in [9.17, 15) is 4.79 Å². The van der Waals surface area contributed by atoms with Crippen LogP contribution in [0.15, 0.2) is 24.3 Å². The molecule has 0 amide bonds. The van der Waals surface area contributed by atoms with Gasteiger partial charge in [0.1, 0.15) is 5.75 Å². The molecule has 0 aliphatic heterocycles. The number of carbonyl (C=O) groups excluding carboxylic acids is 1. The third kappa shape index (κ3) is 3.18. The van der Waals surface area contributed by atoms with Gasteiger partial charge in [0.15, 0.2) is 0 Å². The van der Waals surface area contributed by atoms with Gasteiger partial charge >= 0.3 is 5.97 Å². The average molecular weight is 193 g/mol. The molecule has 3 heteroatoms. The number of hydrogen-bond acceptors (Lipinski definition) is 3. The van der Waals surface area contributed by atoms with Gasteiger partial charge in [-0.2, -0.15) is 0 Å². The van der Waals surface area contributed by atoms with E-state index in [4.69, 9.17) is 10.5 Å². The Labute approximate surface area is 83.9 Å². The van der Waals surface area contributed by atoms with Gasteiger partial charge in [0.05, 0.1) is 0 Å². The summed E-state index contributed by atoms with van der Waals surface area (Å²) in [5.74, 6) is 0.384. The van der Waals surface area contributed by atoms with Crippen molar-refractivity contribution in [3.05, 3.63) is 29.8 Å². The Morgan fingerprint density at radius 3 is 2.50 bits per heavy atom. The summed E-state index contributed by atoms with van der Waals surface area (Å²) >= 11 is 0. The van der Waals surface area contributed by atoms with Crippen LogP contribution in [-0.4, -0.2) is 12.5 Å². The van der Waals surface area contributed by atoms with Crippen LogP contribution in [0, 0.1) is 0 Å². The van der Waals surface area contributed by atoms with Crippen LogP contribution >= 0.6 is 0 Å². The van der Waals surface area contributed by atoms with Gasteiger partial charge in [-0.15, -0.1) is 0 Å². The molecule has 0 saturated carbocycles. The minimum absolute atomic E-state index is 0.212. The highest BCUT2D eigenvalue weighted by Gasteiger charge is 2.00. The number of ether oxygens (including phenoxy) is 1. The number of rotatable bonds is 4. The number of hydrogen-bond donors (Lipinski definition) is 1. The van der Waals surface area contributed by atoms with Crippen LogP contribution in [0.25, 0.3) is 0 Å². The fourth-order valence-corrected chi connectivity index (χ4v) is 1.09. The van der Waals surface area contributed by atoms with Crippen molar-refractivity contribution in [2.24, 2.45) is 5.73 Å². The SMILES string of the molecule is CCC(=O)Oc1ccc(CCN)cc1. The Morgan fingerprint density at radius 2 is 2.00 bits per heavy atom. The summed E-state index contributed by atoms with van der Waals surface area (Å²) in [6.45, 7) is 2.40. The van der Waals surface area contributed by atoms with Gasteiger partial charge in [-0.05, 0) is 30.7 Å². The molecule has 14 heavy (non-hydrogen) atoms. The van der Waals surface area contributed by atoms with Crippen molar-refractivity contribution in [3.63, 3.8) is 0 Å². The third-order valence-electron chi connectivity index (χ3n) is 1.88. The predicted octanol–water partition coefficient (Wildman–Crippen LogP) is 1.50. The average Bonchev–Trinajstić information content (AvgIpc) is 2.21. The molecule has 1 aromatic carbocycles. The molecular formula is C11H15NO2. The van der Waals surface area contributed by atoms with Crippen LogP contribution in [0.5, 0.6) is 5.75 Å². The summed E-state index contributed by atoms with van der Waals surface area (Å²) in [5.41, 5.74) is 6.57. The topological polar surface area (TPSA) is 52.3 Å². The smallest absolute Gasteiger partial charge is 0.310 e. The van der Waals surface area contributed by atoms with E-state index in [2.05, 4.69) is 0 Å². The van der Waals surface area contributed by atoms with Crippen LogP contribution < -0.4 is 10.5 Å². The van der Waals surface area contributed by atoms with E-state index in [0.29, 0.717) is 18.7 Å². The molecule has 0 aliphatic carbocycles. The summed E-state index contributed by atoms with van der Waals surface area (Å²) in [4.78, 5) is 10.9. The van der Waals surface area contributed by atoms with E-state index in [1.54, 1.807) is 19.1 Å². The minimum atomic E-state index is -0.212. The second-order valence-electron chi connectivity index (χ2n) is 3.01. The second kappa shape index (κ2) is 5.40. The maximum absolute atomic E-state index is 10.9. The van der Waals surface area contributed by atoms with Crippen LogP contribution in [0.3, 0.4) is 0 Å². The van der Waals surface area contributed by atoms with Crippen LogP contribution in [-0.2, 0) is 11.2 Å². The molecule has 0 saturated heterocycles. The first-order valence-corrected chi connectivity index (χ1v) is 4.76. The Hall–Kier alpha value is -1.35. The van der Waals surface area contributed by atoms with Gasteiger partial charge in [-0.3, -0.25) is 4.79 Å². The third-order valence-corrected chi connectivity index (χ3v) is 1.88. The first-order valence-electron chi connectivity index (χ1n) is 4.76. The maximum Gasteiger partial charge on any atom is 0.310 e. The zero-order valence-electron chi connectivity index (χ0n) is 8.32. The van der Waals surface area contributed by atoms with Crippen molar-refractivity contribution < 1.29 is 9.53 Å². The number of carbonyl (C=O) groups is 1. The molecule has 0 aromatic heterocycles. The highest BCUT2D eigenvalue weighted by molar-refractivity contribution is 5.71. The normalized spacial score (nSPS) is 9.86. The fourth-order valence-electron chi connectivity index (χ4n) is 1.09. The lowest BCUT2D eigenvalue weighted by Gasteiger charge is -2.03. The lowest BCUT2D eigenvalue weighted by molar-refractivity contribution is -0.134. The van der Waals surface area contributed by atoms with Gasteiger partial charge < -0.3 is 10.5 Å². The van der Waals surface area contributed by atoms with Gasteiger partial charge in [0, 0.05) is 6.42 Å². The Morgan fingerprint density at radius 1 is 1.36 bits per heavy atom. The molecule has 1 rings (SSSR count). The molecule has 0 spiro atoms. The molecule has 0 unspecified atom stereocenters. The van der Waals surface area contributed by atoms with Crippen molar-refractivity contribution in [2.75, 3.05) is 6.54 Å². The lowest BCUT2D eigenvalue weighted by atomic mass is 10.1. The first kappa shape index (κ1) is 10.7.